The number of rotatable bonds is 8. The Hall–Kier alpha value is -2.19. The van der Waals surface area contributed by atoms with Gasteiger partial charge in [0.1, 0.15) is 6.10 Å². The summed E-state index contributed by atoms with van der Waals surface area (Å²) >= 11 is 0. The van der Waals surface area contributed by atoms with Crippen molar-refractivity contribution in [1.82, 2.24) is 0 Å². The van der Waals surface area contributed by atoms with Crippen LogP contribution in [0.5, 0.6) is 0 Å². The Balaban J connectivity index is 1.87. The van der Waals surface area contributed by atoms with Gasteiger partial charge in [-0.3, -0.25) is 4.79 Å². The molecule has 2 saturated heterocycles. The van der Waals surface area contributed by atoms with Crippen molar-refractivity contribution in [2.45, 2.75) is 83.5 Å². The van der Waals surface area contributed by atoms with Crippen molar-refractivity contribution in [2.75, 3.05) is 19.8 Å². The highest BCUT2D eigenvalue weighted by atomic mass is 16.8. The number of carbonyl (C=O) groups excluding carboxylic acids is 3. The molecule has 0 N–H and O–H groups in total. The van der Waals surface area contributed by atoms with E-state index in [1.807, 2.05) is 0 Å². The lowest BCUT2D eigenvalue weighted by atomic mass is 9.92. The van der Waals surface area contributed by atoms with E-state index in [2.05, 4.69) is 11.8 Å². The molecule has 0 amide bonds. The lowest BCUT2D eigenvalue weighted by Crippen LogP contribution is -2.53. The minimum atomic E-state index is -1.62. The SMILES string of the molecule is CCOC(=O)C(OC[C@H]1O[C@@H]2OC(C)(C)O[C@@H]2[C@]1(C#CC1CC1)OC(C)=O)C(=O)OCC. The van der Waals surface area contributed by atoms with Crippen LogP contribution < -0.4 is 0 Å². The third kappa shape index (κ3) is 5.41. The lowest BCUT2D eigenvalue weighted by Gasteiger charge is -2.33. The minimum Gasteiger partial charge on any atom is -0.464 e. The first-order chi connectivity index (χ1) is 15.1. The Morgan fingerprint density at radius 3 is 2.22 bits per heavy atom. The Bertz CT molecular complexity index is 774. The van der Waals surface area contributed by atoms with Gasteiger partial charge >= 0.3 is 17.9 Å². The predicted molar refractivity (Wildman–Crippen MR) is 107 cm³/mol. The summed E-state index contributed by atoms with van der Waals surface area (Å²) in [5, 5.41) is 0. The molecule has 0 unspecified atom stereocenters. The normalized spacial score (nSPS) is 30.2. The largest absolute Gasteiger partial charge is 0.464 e. The molecule has 2 heterocycles. The fourth-order valence-corrected chi connectivity index (χ4v) is 3.56. The highest BCUT2D eigenvalue weighted by Gasteiger charge is 2.66. The molecule has 1 aliphatic carbocycles. The zero-order valence-corrected chi connectivity index (χ0v) is 19.0. The van der Waals surface area contributed by atoms with E-state index in [9.17, 15) is 14.4 Å². The van der Waals surface area contributed by atoms with Crippen molar-refractivity contribution < 1.29 is 47.5 Å². The maximum absolute atomic E-state index is 12.3. The molecule has 0 aromatic rings. The Labute approximate surface area is 187 Å². The minimum absolute atomic E-state index is 0.0587. The van der Waals surface area contributed by atoms with E-state index in [1.54, 1.807) is 27.7 Å². The van der Waals surface area contributed by atoms with Crippen molar-refractivity contribution in [3.8, 4) is 11.8 Å². The summed E-state index contributed by atoms with van der Waals surface area (Å²) in [6, 6.07) is 0. The summed E-state index contributed by atoms with van der Waals surface area (Å²) < 4.78 is 38.9. The molecule has 3 fully saturated rings. The van der Waals surface area contributed by atoms with Crippen LogP contribution in [0, 0.1) is 17.8 Å². The van der Waals surface area contributed by atoms with Crippen LogP contribution >= 0.6 is 0 Å². The summed E-state index contributed by atoms with van der Waals surface area (Å²) in [5.41, 5.74) is -1.54. The fourth-order valence-electron chi connectivity index (χ4n) is 3.56. The molecule has 3 aliphatic rings. The van der Waals surface area contributed by atoms with Crippen molar-refractivity contribution in [3.63, 3.8) is 0 Å². The number of hydrogen-bond acceptors (Lipinski definition) is 10. The van der Waals surface area contributed by atoms with Gasteiger partial charge in [0.2, 0.25) is 5.60 Å². The van der Waals surface area contributed by atoms with Gasteiger partial charge in [-0.05, 0) is 46.5 Å². The predicted octanol–water partition coefficient (Wildman–Crippen LogP) is 1.09. The van der Waals surface area contributed by atoms with Crippen LogP contribution in [0.2, 0.25) is 0 Å². The molecule has 2 aliphatic heterocycles. The molecule has 0 aromatic heterocycles. The van der Waals surface area contributed by atoms with E-state index >= 15 is 0 Å². The van der Waals surface area contributed by atoms with E-state index in [0.717, 1.165) is 12.8 Å². The molecule has 3 rings (SSSR count). The quantitative estimate of drug-likeness (QED) is 0.228. The van der Waals surface area contributed by atoms with E-state index in [0.29, 0.717) is 0 Å². The molecule has 0 radical (unpaired) electrons. The highest BCUT2D eigenvalue weighted by molar-refractivity contribution is 5.98. The van der Waals surface area contributed by atoms with Gasteiger partial charge in [0, 0.05) is 12.8 Å². The number of esters is 3. The molecule has 10 heteroatoms. The smallest absolute Gasteiger partial charge is 0.347 e. The molecule has 1 saturated carbocycles. The first-order valence-electron chi connectivity index (χ1n) is 10.8. The van der Waals surface area contributed by atoms with Gasteiger partial charge in [-0.25, -0.2) is 9.59 Å². The summed E-state index contributed by atoms with van der Waals surface area (Å²) in [6.45, 7) is 7.69. The molecule has 32 heavy (non-hydrogen) atoms. The molecule has 178 valence electrons. The summed E-state index contributed by atoms with van der Waals surface area (Å²) in [6.07, 6.45) is -2.43. The molecular weight excluding hydrogens is 424 g/mol. The molecule has 0 aromatic carbocycles. The number of hydrogen-bond donors (Lipinski definition) is 0. The van der Waals surface area contributed by atoms with Gasteiger partial charge in [-0.15, -0.1) is 0 Å². The van der Waals surface area contributed by atoms with Gasteiger partial charge in [-0.1, -0.05) is 5.92 Å². The van der Waals surface area contributed by atoms with E-state index < -0.39 is 53.9 Å². The standard InChI is InChI=1S/C22H30O10/c1-6-26-18(24)16(19(25)27-7-2)28-12-15-22(30-13(3)23,11-10-14-8-9-14)17-20(29-15)32-21(4,5)31-17/h14-17,20H,6-9,12H2,1-5H3/t15-,17+,20-,22-/m1/s1. The van der Waals surface area contributed by atoms with Crippen molar-refractivity contribution in [3.05, 3.63) is 0 Å². The summed E-state index contributed by atoms with van der Waals surface area (Å²) in [4.78, 5) is 36.6. The highest BCUT2D eigenvalue weighted by Crippen LogP contribution is 2.45. The molecule has 0 spiro atoms. The van der Waals surface area contributed by atoms with Crippen LogP contribution in [0.3, 0.4) is 0 Å². The van der Waals surface area contributed by atoms with Crippen LogP contribution in [0.4, 0.5) is 0 Å². The van der Waals surface area contributed by atoms with Gasteiger partial charge < -0.3 is 33.2 Å². The first kappa shape index (κ1) is 24.5. The van der Waals surface area contributed by atoms with E-state index in [4.69, 9.17) is 33.2 Å². The second-order valence-electron chi connectivity index (χ2n) is 8.20. The Kier molecular flexibility index (Phi) is 7.45. The zero-order valence-electron chi connectivity index (χ0n) is 19.0. The average Bonchev–Trinajstić information content (AvgIpc) is 3.42. The van der Waals surface area contributed by atoms with Gasteiger partial charge in [0.25, 0.3) is 6.10 Å². The number of fused-ring (bicyclic) bond motifs is 1. The maximum atomic E-state index is 12.3. The van der Waals surface area contributed by atoms with Crippen molar-refractivity contribution >= 4 is 17.9 Å². The maximum Gasteiger partial charge on any atom is 0.347 e. The number of ether oxygens (including phenoxy) is 7. The second kappa shape index (κ2) is 9.75. The van der Waals surface area contributed by atoms with Crippen LogP contribution in [-0.4, -0.2) is 73.7 Å². The van der Waals surface area contributed by atoms with Gasteiger partial charge in [0.05, 0.1) is 19.8 Å². The molecule has 4 atom stereocenters. The first-order valence-corrected chi connectivity index (χ1v) is 10.8. The second-order valence-corrected chi connectivity index (χ2v) is 8.20. The third-order valence-corrected chi connectivity index (χ3v) is 5.03. The average molecular weight is 454 g/mol. The van der Waals surface area contributed by atoms with Crippen molar-refractivity contribution in [1.29, 1.82) is 0 Å². The lowest BCUT2D eigenvalue weighted by molar-refractivity contribution is -0.234. The summed E-state index contributed by atoms with van der Waals surface area (Å²) in [5.74, 6) is 3.00. The molecular formula is C22H30O10. The number of carbonyl (C=O) groups is 3. The Morgan fingerprint density at radius 2 is 1.69 bits per heavy atom. The van der Waals surface area contributed by atoms with Crippen LogP contribution in [0.15, 0.2) is 0 Å². The van der Waals surface area contributed by atoms with E-state index in [-0.39, 0.29) is 25.7 Å². The van der Waals surface area contributed by atoms with Crippen LogP contribution in [0.1, 0.15) is 47.5 Å². The fraction of sp³-hybridized carbons (Fsp3) is 0.773. The van der Waals surface area contributed by atoms with Crippen LogP contribution in [-0.2, 0) is 47.5 Å². The van der Waals surface area contributed by atoms with E-state index in [1.165, 1.54) is 6.92 Å². The van der Waals surface area contributed by atoms with Crippen LogP contribution in [0.25, 0.3) is 0 Å². The molecule has 0 bridgehead atoms. The zero-order chi connectivity index (χ0) is 23.5. The van der Waals surface area contributed by atoms with Crippen molar-refractivity contribution in [2.24, 2.45) is 5.92 Å². The monoisotopic (exact) mass is 454 g/mol. The molecule has 10 nitrogen and oxygen atoms in total. The third-order valence-electron chi connectivity index (χ3n) is 5.03. The Morgan fingerprint density at radius 1 is 1.06 bits per heavy atom. The summed E-state index contributed by atoms with van der Waals surface area (Å²) in [7, 11) is 0. The van der Waals surface area contributed by atoms with Gasteiger partial charge in [0.15, 0.2) is 18.2 Å². The topological polar surface area (TPSA) is 116 Å². The van der Waals surface area contributed by atoms with Gasteiger partial charge in [-0.2, -0.15) is 0 Å².